The van der Waals surface area contributed by atoms with E-state index in [1.54, 1.807) is 53.6 Å². The number of benzene rings is 2. The first-order chi connectivity index (χ1) is 16.0. The third kappa shape index (κ3) is 5.34. The first-order valence-electron chi connectivity index (χ1n) is 10.2. The Morgan fingerprint density at radius 2 is 1.70 bits per heavy atom. The molecule has 9 nitrogen and oxygen atoms in total. The number of carbonyl (C=O) groups is 2. The molecule has 2 aromatic carbocycles. The number of nitrogens with one attached hydrogen (secondary N) is 1. The molecule has 33 heavy (non-hydrogen) atoms. The van der Waals surface area contributed by atoms with E-state index in [1.807, 2.05) is 36.4 Å². The highest BCUT2D eigenvalue weighted by Gasteiger charge is 2.15. The van der Waals surface area contributed by atoms with Gasteiger partial charge >= 0.3 is 6.09 Å². The van der Waals surface area contributed by atoms with Crippen LogP contribution in [0.3, 0.4) is 0 Å². The van der Waals surface area contributed by atoms with Crippen molar-refractivity contribution in [2.24, 2.45) is 0 Å². The number of hydrogen-bond acceptors (Lipinski definition) is 5. The van der Waals surface area contributed by atoms with Crippen LogP contribution in [0.4, 0.5) is 16.3 Å². The number of amides is 2. The normalized spacial score (nSPS) is 10.5. The van der Waals surface area contributed by atoms with Crippen LogP contribution in [0.5, 0.6) is 0 Å². The van der Waals surface area contributed by atoms with Crippen molar-refractivity contribution in [3.05, 3.63) is 102 Å². The van der Waals surface area contributed by atoms with Crippen molar-refractivity contribution >= 4 is 23.5 Å². The van der Waals surface area contributed by atoms with Crippen LogP contribution in [0, 0.1) is 0 Å². The summed E-state index contributed by atoms with van der Waals surface area (Å²) in [5.41, 5.74) is 9.13. The lowest BCUT2D eigenvalue weighted by molar-refractivity contribution is 0.102. The molecular weight excluding hydrogens is 420 g/mol. The SMILES string of the molecule is Nc1cn(-c2ccccc2)nc1NC(=O)c1ccc(CN(Cc2cccnc2)C(=O)O)cc1. The Morgan fingerprint density at radius 1 is 0.970 bits per heavy atom. The topological polar surface area (TPSA) is 126 Å². The van der Waals surface area contributed by atoms with Crippen molar-refractivity contribution < 1.29 is 14.7 Å². The maximum atomic E-state index is 12.7. The predicted octanol–water partition coefficient (Wildman–Crippen LogP) is 3.78. The number of anilines is 2. The molecule has 2 amide bonds. The van der Waals surface area contributed by atoms with Gasteiger partial charge in [0.15, 0.2) is 5.82 Å². The Bertz CT molecular complexity index is 1240. The monoisotopic (exact) mass is 442 g/mol. The molecule has 0 aliphatic rings. The van der Waals surface area contributed by atoms with E-state index in [0.717, 1.165) is 16.8 Å². The highest BCUT2D eigenvalue weighted by molar-refractivity contribution is 6.05. The van der Waals surface area contributed by atoms with E-state index in [1.165, 1.54) is 4.90 Å². The molecule has 0 aliphatic heterocycles. The number of hydrogen-bond donors (Lipinski definition) is 3. The summed E-state index contributed by atoms with van der Waals surface area (Å²) >= 11 is 0. The molecule has 9 heteroatoms. The van der Waals surface area contributed by atoms with Gasteiger partial charge in [0.1, 0.15) is 0 Å². The minimum Gasteiger partial charge on any atom is -0.465 e. The van der Waals surface area contributed by atoms with Gasteiger partial charge in [0.05, 0.1) is 24.1 Å². The lowest BCUT2D eigenvalue weighted by atomic mass is 10.1. The lowest BCUT2D eigenvalue weighted by Crippen LogP contribution is -2.28. The Kier molecular flexibility index (Phi) is 6.31. The van der Waals surface area contributed by atoms with E-state index in [2.05, 4.69) is 15.4 Å². The minimum atomic E-state index is -1.04. The number of carboxylic acid groups (broad SMARTS) is 1. The summed E-state index contributed by atoms with van der Waals surface area (Å²) in [6, 6.07) is 19.7. The smallest absolute Gasteiger partial charge is 0.407 e. The van der Waals surface area contributed by atoms with Gasteiger partial charge in [-0.3, -0.25) is 14.7 Å². The first kappa shape index (κ1) is 21.6. The van der Waals surface area contributed by atoms with Crippen molar-refractivity contribution in [2.75, 3.05) is 11.1 Å². The molecule has 4 rings (SSSR count). The summed E-state index contributed by atoms with van der Waals surface area (Å²) in [6.07, 6.45) is 3.87. The van der Waals surface area contributed by atoms with Crippen LogP contribution in [0.15, 0.2) is 85.3 Å². The summed E-state index contributed by atoms with van der Waals surface area (Å²) in [5.74, 6) is -0.0986. The maximum Gasteiger partial charge on any atom is 0.407 e. The van der Waals surface area contributed by atoms with Crippen LogP contribution in [-0.4, -0.2) is 36.8 Å². The van der Waals surface area contributed by atoms with Gasteiger partial charge in [-0.15, -0.1) is 5.10 Å². The lowest BCUT2D eigenvalue weighted by Gasteiger charge is -2.19. The minimum absolute atomic E-state index is 0.181. The third-order valence-corrected chi connectivity index (χ3v) is 4.95. The van der Waals surface area contributed by atoms with Gasteiger partial charge in [0.25, 0.3) is 5.91 Å². The Balaban J connectivity index is 1.42. The van der Waals surface area contributed by atoms with Crippen molar-refractivity contribution in [3.8, 4) is 5.69 Å². The van der Waals surface area contributed by atoms with Crippen molar-refractivity contribution in [2.45, 2.75) is 13.1 Å². The summed E-state index contributed by atoms with van der Waals surface area (Å²) in [6.45, 7) is 0.398. The molecule has 2 aromatic heterocycles. The van der Waals surface area contributed by atoms with Gasteiger partial charge in [-0.2, -0.15) is 0 Å². The van der Waals surface area contributed by atoms with Gasteiger partial charge in [-0.1, -0.05) is 36.4 Å². The predicted molar refractivity (Wildman–Crippen MR) is 124 cm³/mol. The molecule has 166 valence electrons. The summed E-state index contributed by atoms with van der Waals surface area (Å²) in [4.78, 5) is 29.6. The second-order valence-corrected chi connectivity index (χ2v) is 7.36. The van der Waals surface area contributed by atoms with Gasteiger partial charge in [0, 0.05) is 24.5 Å². The van der Waals surface area contributed by atoms with Gasteiger partial charge < -0.3 is 16.2 Å². The fraction of sp³-hybridized carbons (Fsp3) is 0.0833. The van der Waals surface area contributed by atoms with Crippen LogP contribution in [0.1, 0.15) is 21.5 Å². The zero-order valence-electron chi connectivity index (χ0n) is 17.6. The Hall–Kier alpha value is -4.66. The quantitative estimate of drug-likeness (QED) is 0.400. The Morgan fingerprint density at radius 3 is 2.36 bits per heavy atom. The van der Waals surface area contributed by atoms with Crippen molar-refractivity contribution in [3.63, 3.8) is 0 Å². The highest BCUT2D eigenvalue weighted by atomic mass is 16.4. The van der Waals surface area contributed by atoms with Crippen molar-refractivity contribution in [1.29, 1.82) is 0 Å². The molecule has 0 saturated heterocycles. The van der Waals surface area contributed by atoms with Crippen molar-refractivity contribution in [1.82, 2.24) is 19.7 Å². The Labute approximate surface area is 190 Å². The number of pyridine rings is 1. The van der Waals surface area contributed by atoms with Crippen LogP contribution < -0.4 is 11.1 Å². The number of nitrogens with zero attached hydrogens (tertiary/aromatic N) is 4. The van der Waals surface area contributed by atoms with Crippen LogP contribution >= 0.6 is 0 Å². The van der Waals surface area contributed by atoms with Crippen LogP contribution in [0.2, 0.25) is 0 Å². The van der Waals surface area contributed by atoms with Crippen LogP contribution in [0.25, 0.3) is 5.69 Å². The standard InChI is InChI=1S/C24H22N6O3/c25-21-16-30(20-6-2-1-3-7-20)28-22(21)27-23(31)19-10-8-17(9-11-19)14-29(24(32)33)15-18-5-4-12-26-13-18/h1-13,16H,14-15,25H2,(H,32,33)(H,27,28,31). The largest absolute Gasteiger partial charge is 0.465 e. The summed E-state index contributed by atoms with van der Waals surface area (Å²) in [7, 11) is 0. The first-order valence-corrected chi connectivity index (χ1v) is 10.2. The molecule has 4 N–H and O–H groups in total. The van der Waals surface area contributed by atoms with E-state index >= 15 is 0 Å². The molecule has 0 spiro atoms. The second kappa shape index (κ2) is 9.65. The average molecular weight is 442 g/mol. The van der Waals surface area contributed by atoms with E-state index in [-0.39, 0.29) is 24.8 Å². The molecule has 0 aliphatic carbocycles. The number of para-hydroxylation sites is 1. The zero-order chi connectivity index (χ0) is 23.2. The number of nitrogens with two attached hydrogens (primary N) is 1. The molecule has 0 bridgehead atoms. The maximum absolute atomic E-state index is 12.7. The fourth-order valence-corrected chi connectivity index (χ4v) is 3.26. The van der Waals surface area contributed by atoms with Gasteiger partial charge in [-0.05, 0) is 41.5 Å². The molecule has 2 heterocycles. The molecule has 0 unspecified atom stereocenters. The summed E-state index contributed by atoms with van der Waals surface area (Å²) < 4.78 is 1.59. The van der Waals surface area contributed by atoms with E-state index in [4.69, 9.17) is 5.73 Å². The average Bonchev–Trinajstić information content (AvgIpc) is 3.20. The molecule has 0 saturated carbocycles. The second-order valence-electron chi connectivity index (χ2n) is 7.36. The number of aromatic nitrogens is 3. The fourth-order valence-electron chi connectivity index (χ4n) is 3.26. The van der Waals surface area contributed by atoms with Gasteiger partial charge in [0.2, 0.25) is 0 Å². The number of carbonyl (C=O) groups excluding carboxylic acids is 1. The van der Waals surface area contributed by atoms with Crippen LogP contribution in [-0.2, 0) is 13.1 Å². The number of nitrogen functional groups attached to an aromatic ring is 1. The summed E-state index contributed by atoms with van der Waals surface area (Å²) in [5, 5.41) is 16.6. The molecular formula is C24H22N6O3. The zero-order valence-corrected chi connectivity index (χ0v) is 17.6. The van der Waals surface area contributed by atoms with E-state index < -0.39 is 6.09 Å². The molecule has 0 radical (unpaired) electrons. The van der Waals surface area contributed by atoms with E-state index in [9.17, 15) is 14.7 Å². The molecule has 0 fully saturated rings. The third-order valence-electron chi connectivity index (χ3n) is 4.95. The highest BCUT2D eigenvalue weighted by Crippen LogP contribution is 2.20. The molecule has 0 atom stereocenters. The van der Waals surface area contributed by atoms with E-state index in [0.29, 0.717) is 11.3 Å². The number of rotatable bonds is 7. The van der Waals surface area contributed by atoms with Gasteiger partial charge in [-0.25, -0.2) is 9.48 Å². The molecule has 4 aromatic rings.